The van der Waals surface area contributed by atoms with Crippen LogP contribution in [0.15, 0.2) is 27.1 Å². The van der Waals surface area contributed by atoms with E-state index in [1.165, 1.54) is 24.2 Å². The number of unbranched alkanes of at least 4 members (excludes halogenated alkanes) is 2. The van der Waals surface area contributed by atoms with Crippen LogP contribution in [0, 0.1) is 6.92 Å². The Morgan fingerprint density at radius 1 is 1.33 bits per heavy atom. The van der Waals surface area contributed by atoms with Crippen LogP contribution < -0.4 is 5.32 Å². The minimum absolute atomic E-state index is 0.295. The second-order valence-electron chi connectivity index (χ2n) is 5.61. The summed E-state index contributed by atoms with van der Waals surface area (Å²) in [5.74, 6) is 0.0157. The number of nitrogens with zero attached hydrogens (tertiary/aromatic N) is 2. The summed E-state index contributed by atoms with van der Waals surface area (Å²) in [5.41, 5.74) is 1.51. The van der Waals surface area contributed by atoms with E-state index < -0.39 is 0 Å². The molecule has 0 saturated heterocycles. The van der Waals surface area contributed by atoms with Gasteiger partial charge in [0.1, 0.15) is 10.6 Å². The van der Waals surface area contributed by atoms with Crippen LogP contribution in [-0.2, 0) is 6.42 Å². The minimum atomic E-state index is -0.295. The van der Waals surface area contributed by atoms with Crippen molar-refractivity contribution in [1.29, 1.82) is 0 Å². The highest BCUT2D eigenvalue weighted by Gasteiger charge is 2.19. The molecule has 2 heterocycles. The number of aryl methyl sites for hydroxylation is 2. The number of furan rings is 1. The fourth-order valence-electron chi connectivity index (χ4n) is 2.49. The van der Waals surface area contributed by atoms with Crippen LogP contribution in [0.25, 0.3) is 11.0 Å². The summed E-state index contributed by atoms with van der Waals surface area (Å²) in [7, 11) is 0. The maximum atomic E-state index is 12.5. The number of halogens is 1. The number of carbonyl (C=O) groups is 1. The molecule has 1 amide bonds. The molecule has 0 saturated carbocycles. The molecule has 0 unspecified atom stereocenters. The van der Waals surface area contributed by atoms with Gasteiger partial charge in [-0.15, -0.1) is 10.2 Å². The highest BCUT2D eigenvalue weighted by atomic mass is 79.9. The molecule has 3 aromatic rings. The minimum Gasteiger partial charge on any atom is -0.451 e. The van der Waals surface area contributed by atoms with E-state index in [-0.39, 0.29) is 5.91 Å². The number of fused-ring (bicyclic) bond motifs is 1. The van der Waals surface area contributed by atoms with E-state index in [2.05, 4.69) is 38.4 Å². The first-order chi connectivity index (χ1) is 11.6. The van der Waals surface area contributed by atoms with Crippen LogP contribution >= 0.6 is 27.3 Å². The van der Waals surface area contributed by atoms with E-state index in [4.69, 9.17) is 4.42 Å². The zero-order valence-corrected chi connectivity index (χ0v) is 16.0. The van der Waals surface area contributed by atoms with Crippen molar-refractivity contribution in [2.45, 2.75) is 39.5 Å². The number of amides is 1. The zero-order chi connectivity index (χ0) is 17.1. The largest absolute Gasteiger partial charge is 0.451 e. The summed E-state index contributed by atoms with van der Waals surface area (Å²) in [6, 6.07) is 5.68. The normalized spacial score (nSPS) is 11.1. The molecule has 1 N–H and O–H groups in total. The molecule has 0 aliphatic rings. The molecular weight excluding hydrogens is 390 g/mol. The van der Waals surface area contributed by atoms with Gasteiger partial charge in [-0.3, -0.25) is 10.1 Å². The van der Waals surface area contributed by atoms with Crippen molar-refractivity contribution in [1.82, 2.24) is 10.2 Å². The van der Waals surface area contributed by atoms with Crippen molar-refractivity contribution in [3.8, 4) is 0 Å². The lowest BCUT2D eigenvalue weighted by molar-refractivity contribution is 0.0998. The van der Waals surface area contributed by atoms with Gasteiger partial charge in [-0.25, -0.2) is 0 Å². The van der Waals surface area contributed by atoms with Crippen LogP contribution in [0.4, 0.5) is 5.13 Å². The van der Waals surface area contributed by atoms with Crippen LogP contribution in [0.5, 0.6) is 0 Å². The third-order valence-corrected chi connectivity index (χ3v) is 5.18. The molecule has 5 nitrogen and oxygen atoms in total. The van der Waals surface area contributed by atoms with Crippen molar-refractivity contribution < 1.29 is 9.21 Å². The molecule has 0 radical (unpaired) electrons. The molecule has 3 rings (SSSR count). The molecule has 24 heavy (non-hydrogen) atoms. The van der Waals surface area contributed by atoms with Gasteiger partial charge in [0.25, 0.3) is 5.91 Å². The van der Waals surface area contributed by atoms with Gasteiger partial charge in [0.05, 0.1) is 0 Å². The van der Waals surface area contributed by atoms with E-state index in [0.29, 0.717) is 16.5 Å². The van der Waals surface area contributed by atoms with E-state index in [1.54, 1.807) is 0 Å². The molecule has 0 aliphatic carbocycles. The summed E-state index contributed by atoms with van der Waals surface area (Å²) >= 11 is 4.85. The van der Waals surface area contributed by atoms with Crippen molar-refractivity contribution in [2.24, 2.45) is 0 Å². The van der Waals surface area contributed by atoms with Crippen molar-refractivity contribution in [3.63, 3.8) is 0 Å². The average molecular weight is 408 g/mol. The van der Waals surface area contributed by atoms with Crippen molar-refractivity contribution >= 4 is 49.3 Å². The Kier molecular flexibility index (Phi) is 5.30. The van der Waals surface area contributed by atoms with Crippen molar-refractivity contribution in [3.05, 3.63) is 39.0 Å². The summed E-state index contributed by atoms with van der Waals surface area (Å²) < 4.78 is 6.65. The first-order valence-corrected chi connectivity index (χ1v) is 9.52. The molecule has 7 heteroatoms. The lowest BCUT2D eigenvalue weighted by Gasteiger charge is -1.98. The monoisotopic (exact) mass is 407 g/mol. The lowest BCUT2D eigenvalue weighted by atomic mass is 10.1. The number of rotatable bonds is 6. The number of nitrogens with one attached hydrogen (secondary N) is 1. The van der Waals surface area contributed by atoms with Crippen LogP contribution in [-0.4, -0.2) is 16.1 Å². The summed E-state index contributed by atoms with van der Waals surface area (Å²) in [6.07, 6.45) is 4.34. The molecule has 0 spiro atoms. The SMILES string of the molecule is CCCCCc1nnc(NC(=O)c2oc3ccc(Br)cc3c2C)s1. The topological polar surface area (TPSA) is 68.0 Å². The van der Waals surface area contributed by atoms with Gasteiger partial charge >= 0.3 is 0 Å². The Morgan fingerprint density at radius 2 is 2.17 bits per heavy atom. The standard InChI is InChI=1S/C17H18BrN3O2S/c1-3-4-5-6-14-20-21-17(24-14)19-16(22)15-10(2)12-9-11(18)7-8-13(12)23-15/h7-9H,3-6H2,1-2H3,(H,19,21,22). The molecule has 0 aliphatic heterocycles. The van der Waals surface area contributed by atoms with Crippen molar-refractivity contribution in [2.75, 3.05) is 5.32 Å². The first-order valence-electron chi connectivity index (χ1n) is 7.91. The molecule has 126 valence electrons. The Balaban J connectivity index is 1.74. The molecule has 0 bridgehead atoms. The summed E-state index contributed by atoms with van der Waals surface area (Å²) in [5, 5.41) is 13.3. The number of hydrogen-bond donors (Lipinski definition) is 1. The molecule has 0 fully saturated rings. The third-order valence-electron chi connectivity index (χ3n) is 3.79. The van der Waals surface area contributed by atoms with Crippen LogP contribution in [0.2, 0.25) is 0 Å². The lowest BCUT2D eigenvalue weighted by Crippen LogP contribution is -2.11. The average Bonchev–Trinajstić information content (AvgIpc) is 3.13. The molecule has 0 atom stereocenters. The van der Waals surface area contributed by atoms with Gasteiger partial charge in [-0.05, 0) is 31.5 Å². The van der Waals surface area contributed by atoms with Gasteiger partial charge < -0.3 is 4.42 Å². The fraction of sp³-hybridized carbons (Fsp3) is 0.353. The molecule has 1 aromatic carbocycles. The Hall–Kier alpha value is -1.73. The fourth-order valence-corrected chi connectivity index (χ4v) is 3.63. The molecular formula is C17H18BrN3O2S. The second kappa shape index (κ2) is 7.44. The van der Waals surface area contributed by atoms with Gasteiger partial charge in [0.15, 0.2) is 5.76 Å². The van der Waals surface area contributed by atoms with Crippen LogP contribution in [0.1, 0.15) is 47.3 Å². The number of carbonyl (C=O) groups excluding carboxylic acids is 1. The van der Waals surface area contributed by atoms with Gasteiger partial charge in [0, 0.05) is 21.8 Å². The predicted octanol–water partition coefficient (Wildman–Crippen LogP) is 5.34. The number of hydrogen-bond acceptors (Lipinski definition) is 5. The highest BCUT2D eigenvalue weighted by Crippen LogP contribution is 2.29. The van der Waals surface area contributed by atoms with E-state index in [1.807, 2.05) is 25.1 Å². The van der Waals surface area contributed by atoms with Gasteiger partial charge in [-0.2, -0.15) is 0 Å². The second-order valence-corrected chi connectivity index (χ2v) is 7.59. The van der Waals surface area contributed by atoms with E-state index in [9.17, 15) is 4.79 Å². The number of benzene rings is 1. The highest BCUT2D eigenvalue weighted by molar-refractivity contribution is 9.10. The maximum absolute atomic E-state index is 12.5. The van der Waals surface area contributed by atoms with E-state index >= 15 is 0 Å². The first kappa shape index (κ1) is 17.1. The number of anilines is 1. The molecule has 2 aromatic heterocycles. The quantitative estimate of drug-likeness (QED) is 0.559. The Labute approximate surface area is 152 Å². The smallest absolute Gasteiger partial charge is 0.293 e. The number of aromatic nitrogens is 2. The summed E-state index contributed by atoms with van der Waals surface area (Å²) in [4.78, 5) is 12.5. The zero-order valence-electron chi connectivity index (χ0n) is 13.6. The van der Waals surface area contributed by atoms with E-state index in [0.717, 1.165) is 33.3 Å². The van der Waals surface area contributed by atoms with Crippen LogP contribution in [0.3, 0.4) is 0 Å². The Bertz CT molecular complexity index is 872. The predicted molar refractivity (Wildman–Crippen MR) is 99.7 cm³/mol. The van der Waals surface area contributed by atoms with Gasteiger partial charge in [0.2, 0.25) is 5.13 Å². The summed E-state index contributed by atoms with van der Waals surface area (Å²) in [6.45, 7) is 4.05. The maximum Gasteiger partial charge on any atom is 0.293 e. The van der Waals surface area contributed by atoms with Gasteiger partial charge in [-0.1, -0.05) is 47.0 Å². The third kappa shape index (κ3) is 3.67. The Morgan fingerprint density at radius 3 is 2.96 bits per heavy atom.